The molecule has 0 saturated carbocycles. The summed E-state index contributed by atoms with van der Waals surface area (Å²) in [6.07, 6.45) is 4.65. The third-order valence-electron chi connectivity index (χ3n) is 2.28. The smallest absolute Gasteiger partial charge is 0.307 e. The van der Waals surface area contributed by atoms with Gasteiger partial charge in [-0.05, 0) is 30.7 Å². The molecule has 4 heteroatoms. The Bertz CT molecular complexity index is 413. The average molecular weight is 235 g/mol. The lowest BCUT2D eigenvalue weighted by Gasteiger charge is -2.06. The number of hydrogen-bond acceptors (Lipinski definition) is 3. The molecule has 0 radical (unpaired) electrons. The van der Waals surface area contributed by atoms with Crippen molar-refractivity contribution < 1.29 is 14.6 Å². The Morgan fingerprint density at radius 1 is 1.53 bits per heavy atom. The summed E-state index contributed by atoms with van der Waals surface area (Å²) in [5, 5.41) is 8.73. The van der Waals surface area contributed by atoms with Crippen molar-refractivity contribution in [2.75, 3.05) is 13.7 Å². The zero-order chi connectivity index (χ0) is 12.7. The van der Waals surface area contributed by atoms with E-state index in [2.05, 4.69) is 0 Å². The molecule has 0 spiro atoms. The zero-order valence-electron chi connectivity index (χ0n) is 9.85. The van der Waals surface area contributed by atoms with Crippen molar-refractivity contribution in [2.45, 2.75) is 12.8 Å². The van der Waals surface area contributed by atoms with Crippen LogP contribution in [-0.2, 0) is 11.2 Å². The molecule has 0 aromatic heterocycles. The van der Waals surface area contributed by atoms with Crippen molar-refractivity contribution >= 4 is 12.0 Å². The first kappa shape index (κ1) is 13.3. The fourth-order valence-corrected chi connectivity index (χ4v) is 1.51. The highest BCUT2D eigenvalue weighted by molar-refractivity contribution is 5.71. The first-order chi connectivity index (χ1) is 8.17. The lowest BCUT2D eigenvalue weighted by atomic mass is 10.1. The summed E-state index contributed by atoms with van der Waals surface area (Å²) in [7, 11) is 1.59. The minimum absolute atomic E-state index is 0.0156. The van der Waals surface area contributed by atoms with E-state index in [0.717, 1.165) is 23.3 Å². The van der Waals surface area contributed by atoms with Crippen LogP contribution < -0.4 is 10.5 Å². The van der Waals surface area contributed by atoms with Crippen LogP contribution in [0.25, 0.3) is 6.08 Å². The molecule has 4 nitrogen and oxygen atoms in total. The number of hydrogen-bond donors (Lipinski definition) is 2. The van der Waals surface area contributed by atoms with E-state index in [1.54, 1.807) is 19.2 Å². The van der Waals surface area contributed by atoms with Crippen molar-refractivity contribution in [3.05, 3.63) is 35.4 Å². The van der Waals surface area contributed by atoms with Crippen LogP contribution in [0.3, 0.4) is 0 Å². The Balaban J connectivity index is 2.93. The predicted octanol–water partition coefficient (Wildman–Crippen LogP) is 1.68. The molecule has 0 amide bonds. The number of benzene rings is 1. The maximum atomic E-state index is 10.6. The van der Waals surface area contributed by atoms with Crippen LogP contribution in [0.1, 0.15) is 17.5 Å². The van der Waals surface area contributed by atoms with Crippen LogP contribution in [0.15, 0.2) is 24.3 Å². The molecule has 17 heavy (non-hydrogen) atoms. The summed E-state index contributed by atoms with van der Waals surface area (Å²) < 4.78 is 5.21. The highest BCUT2D eigenvalue weighted by Crippen LogP contribution is 2.21. The molecule has 1 aromatic rings. The zero-order valence-corrected chi connectivity index (χ0v) is 9.85. The lowest BCUT2D eigenvalue weighted by molar-refractivity contribution is -0.136. The van der Waals surface area contributed by atoms with Gasteiger partial charge in [-0.25, -0.2) is 0 Å². The molecule has 92 valence electrons. The molecule has 3 N–H and O–H groups in total. The van der Waals surface area contributed by atoms with Gasteiger partial charge in [0.1, 0.15) is 5.75 Å². The van der Waals surface area contributed by atoms with Crippen LogP contribution in [0, 0.1) is 0 Å². The van der Waals surface area contributed by atoms with Gasteiger partial charge in [0, 0.05) is 5.56 Å². The topological polar surface area (TPSA) is 72.5 Å². The standard InChI is InChI=1S/C13H17NO3/c1-17-12-6-5-10(9-13(15)16)8-11(12)4-2-3-7-14/h2,4-6,8H,3,7,9,14H2,1H3,(H,15,16). The van der Waals surface area contributed by atoms with E-state index < -0.39 is 5.97 Å². The van der Waals surface area contributed by atoms with Gasteiger partial charge in [-0.15, -0.1) is 0 Å². The predicted molar refractivity (Wildman–Crippen MR) is 67.0 cm³/mol. The second-order valence-electron chi connectivity index (χ2n) is 3.63. The third kappa shape index (κ3) is 4.28. The summed E-state index contributed by atoms with van der Waals surface area (Å²) in [4.78, 5) is 10.6. The number of carboxylic acid groups (broad SMARTS) is 1. The number of nitrogens with two attached hydrogens (primary N) is 1. The summed E-state index contributed by atoms with van der Waals surface area (Å²) in [6.45, 7) is 0.591. The molecular formula is C13H17NO3. The van der Waals surface area contributed by atoms with Crippen LogP contribution in [0.5, 0.6) is 5.75 Å². The van der Waals surface area contributed by atoms with Gasteiger partial charge in [0.15, 0.2) is 0 Å². The Morgan fingerprint density at radius 3 is 2.88 bits per heavy atom. The van der Waals surface area contributed by atoms with E-state index in [4.69, 9.17) is 15.6 Å². The SMILES string of the molecule is COc1ccc(CC(=O)O)cc1C=CCCN. The van der Waals surface area contributed by atoms with Crippen LogP contribution >= 0.6 is 0 Å². The molecule has 0 aliphatic rings. The van der Waals surface area contributed by atoms with Gasteiger partial charge < -0.3 is 15.6 Å². The van der Waals surface area contributed by atoms with Crippen LogP contribution in [0.2, 0.25) is 0 Å². The molecule has 0 fully saturated rings. The number of methoxy groups -OCH3 is 1. The molecule has 0 heterocycles. The van der Waals surface area contributed by atoms with Gasteiger partial charge in [0.05, 0.1) is 13.5 Å². The highest BCUT2D eigenvalue weighted by atomic mass is 16.5. The maximum Gasteiger partial charge on any atom is 0.307 e. The number of carboxylic acids is 1. The molecule has 0 aliphatic heterocycles. The number of ether oxygens (including phenoxy) is 1. The lowest BCUT2D eigenvalue weighted by Crippen LogP contribution is -2.00. The minimum atomic E-state index is -0.841. The largest absolute Gasteiger partial charge is 0.496 e. The van der Waals surface area contributed by atoms with Gasteiger partial charge in [0.2, 0.25) is 0 Å². The van der Waals surface area contributed by atoms with Gasteiger partial charge in [-0.1, -0.05) is 18.2 Å². The summed E-state index contributed by atoms with van der Waals surface area (Å²) >= 11 is 0. The van der Waals surface area contributed by atoms with Gasteiger partial charge in [0.25, 0.3) is 0 Å². The van der Waals surface area contributed by atoms with E-state index >= 15 is 0 Å². The Labute approximate surface area is 101 Å². The third-order valence-corrected chi connectivity index (χ3v) is 2.28. The van der Waals surface area contributed by atoms with E-state index in [0.29, 0.717) is 6.54 Å². The molecule has 0 atom stereocenters. The van der Waals surface area contributed by atoms with Gasteiger partial charge >= 0.3 is 5.97 Å². The first-order valence-electron chi connectivity index (χ1n) is 5.42. The molecule has 0 unspecified atom stereocenters. The second-order valence-corrected chi connectivity index (χ2v) is 3.63. The van der Waals surface area contributed by atoms with Crippen molar-refractivity contribution in [3.63, 3.8) is 0 Å². The molecule has 1 aromatic carbocycles. The first-order valence-corrected chi connectivity index (χ1v) is 5.42. The van der Waals surface area contributed by atoms with Crippen LogP contribution in [-0.4, -0.2) is 24.7 Å². The highest BCUT2D eigenvalue weighted by Gasteiger charge is 2.04. The van der Waals surface area contributed by atoms with Gasteiger partial charge in [-0.3, -0.25) is 4.79 Å². The fourth-order valence-electron chi connectivity index (χ4n) is 1.51. The molecule has 0 saturated heterocycles. The van der Waals surface area contributed by atoms with Crippen LogP contribution in [0.4, 0.5) is 0 Å². The van der Waals surface area contributed by atoms with Crippen molar-refractivity contribution in [1.82, 2.24) is 0 Å². The Morgan fingerprint density at radius 2 is 2.29 bits per heavy atom. The number of aliphatic carboxylic acids is 1. The number of carbonyl (C=O) groups is 1. The quantitative estimate of drug-likeness (QED) is 0.787. The van der Waals surface area contributed by atoms with E-state index in [-0.39, 0.29) is 6.42 Å². The van der Waals surface area contributed by atoms with Crippen molar-refractivity contribution in [3.8, 4) is 5.75 Å². The monoisotopic (exact) mass is 235 g/mol. The fraction of sp³-hybridized carbons (Fsp3) is 0.308. The molecule has 0 bridgehead atoms. The second kappa shape index (κ2) is 6.70. The Kier molecular flexibility index (Phi) is 5.23. The maximum absolute atomic E-state index is 10.6. The normalized spacial score (nSPS) is 10.7. The van der Waals surface area contributed by atoms with Crippen molar-refractivity contribution in [2.24, 2.45) is 5.73 Å². The van der Waals surface area contributed by atoms with E-state index in [1.807, 2.05) is 18.2 Å². The molecular weight excluding hydrogens is 218 g/mol. The summed E-state index contributed by atoms with van der Waals surface area (Å²) in [6, 6.07) is 5.35. The molecule has 1 rings (SSSR count). The van der Waals surface area contributed by atoms with E-state index in [1.165, 1.54) is 0 Å². The average Bonchev–Trinajstić information content (AvgIpc) is 2.29. The van der Waals surface area contributed by atoms with E-state index in [9.17, 15) is 4.79 Å². The summed E-state index contributed by atoms with van der Waals surface area (Å²) in [5.41, 5.74) is 7.03. The Hall–Kier alpha value is -1.81. The number of rotatable bonds is 6. The minimum Gasteiger partial charge on any atom is -0.496 e. The molecule has 0 aliphatic carbocycles. The van der Waals surface area contributed by atoms with Gasteiger partial charge in [-0.2, -0.15) is 0 Å². The van der Waals surface area contributed by atoms with Crippen molar-refractivity contribution in [1.29, 1.82) is 0 Å². The summed E-state index contributed by atoms with van der Waals surface area (Å²) in [5.74, 6) is -0.112.